The fraction of sp³-hybridized carbons (Fsp3) is 0.133. The molecule has 2 heteroatoms. The summed E-state index contributed by atoms with van der Waals surface area (Å²) in [6.45, 7) is 4.17. The Morgan fingerprint density at radius 1 is 0.765 bits per heavy atom. The highest BCUT2D eigenvalue weighted by Gasteiger charge is 1.72. The molecule has 0 saturated heterocycles. The zero-order chi connectivity index (χ0) is 12.9. The zero-order valence-electron chi connectivity index (χ0n) is 10.2. The van der Waals surface area contributed by atoms with Gasteiger partial charge in [-0.3, -0.25) is 0 Å². The average Bonchev–Trinajstić information content (AvgIpc) is 2.33. The number of rotatable bonds is 0. The molecule has 0 heterocycles. The van der Waals surface area contributed by atoms with Crippen molar-refractivity contribution >= 4 is 6.08 Å². The second-order valence-corrected chi connectivity index (χ2v) is 3.41. The Balaban J connectivity index is 0.000000247. The van der Waals surface area contributed by atoms with Crippen molar-refractivity contribution in [1.29, 1.82) is 5.41 Å². The predicted octanol–water partition coefficient (Wildman–Crippen LogP) is 3.89. The first-order chi connectivity index (χ1) is 8.20. The topological polar surface area (TPSA) is 40.9 Å². The molecule has 0 radical (unpaired) electrons. The molecule has 0 amide bonds. The highest BCUT2D eigenvalue weighted by atomic mass is 16.1. The Labute approximate surface area is 102 Å². The first kappa shape index (κ1) is 14.8. The molecule has 17 heavy (non-hydrogen) atoms. The van der Waals surface area contributed by atoms with Gasteiger partial charge in [0.05, 0.1) is 0 Å². The van der Waals surface area contributed by atoms with E-state index < -0.39 is 0 Å². The Hall–Kier alpha value is -2.18. The highest BCUT2D eigenvalue weighted by molar-refractivity contribution is 5.26. The molecule has 2 nitrogen and oxygen atoms in total. The van der Waals surface area contributed by atoms with E-state index in [0.717, 1.165) is 6.08 Å². The van der Waals surface area contributed by atoms with Crippen molar-refractivity contribution in [3.8, 4) is 0 Å². The van der Waals surface area contributed by atoms with Crippen LogP contribution in [0.2, 0.25) is 0 Å². The minimum atomic E-state index is 0.750. The maximum Gasteiger partial charge on any atom is 0.231 e. The second kappa shape index (κ2) is 10.3. The van der Waals surface area contributed by atoms with Gasteiger partial charge < -0.3 is 0 Å². The van der Waals surface area contributed by atoms with Gasteiger partial charge >= 0.3 is 0 Å². The van der Waals surface area contributed by atoms with Gasteiger partial charge in [-0.05, 0) is 13.8 Å². The number of isocyanates is 1. The smallest absolute Gasteiger partial charge is 0.222 e. The van der Waals surface area contributed by atoms with Crippen molar-refractivity contribution < 1.29 is 4.79 Å². The van der Waals surface area contributed by atoms with Gasteiger partial charge in [0.2, 0.25) is 6.08 Å². The SMILES string of the molecule is Cc1ccccc1.Cc1ccccc1.N=C=O. The largest absolute Gasteiger partial charge is 0.231 e. The predicted molar refractivity (Wildman–Crippen MR) is 70.8 cm³/mol. The van der Waals surface area contributed by atoms with E-state index in [1.165, 1.54) is 11.1 Å². The van der Waals surface area contributed by atoms with E-state index in [4.69, 9.17) is 10.2 Å². The Morgan fingerprint density at radius 3 is 1.12 bits per heavy atom. The molecule has 1 N–H and O–H groups in total. The fourth-order valence-corrected chi connectivity index (χ4v) is 1.07. The summed E-state index contributed by atoms with van der Waals surface area (Å²) in [7, 11) is 0. The lowest BCUT2D eigenvalue weighted by molar-refractivity contribution is 0.563. The number of hydrogen-bond donors (Lipinski definition) is 1. The summed E-state index contributed by atoms with van der Waals surface area (Å²) in [5.41, 5.74) is 2.64. The van der Waals surface area contributed by atoms with Crippen LogP contribution in [0.5, 0.6) is 0 Å². The molecule has 0 aliphatic rings. The van der Waals surface area contributed by atoms with E-state index >= 15 is 0 Å². The normalized spacial score (nSPS) is 7.65. The molecular formula is C15H17NO. The van der Waals surface area contributed by atoms with Crippen molar-refractivity contribution in [2.75, 3.05) is 0 Å². The van der Waals surface area contributed by atoms with Gasteiger partial charge in [-0.1, -0.05) is 71.8 Å². The van der Waals surface area contributed by atoms with Gasteiger partial charge in [-0.2, -0.15) is 0 Å². The average molecular weight is 227 g/mol. The summed E-state index contributed by atoms with van der Waals surface area (Å²) in [5, 5.41) is 5.40. The van der Waals surface area contributed by atoms with Gasteiger partial charge in [0.1, 0.15) is 0 Å². The van der Waals surface area contributed by atoms with Crippen LogP contribution in [0.3, 0.4) is 0 Å². The Kier molecular flexibility index (Phi) is 9.02. The van der Waals surface area contributed by atoms with Gasteiger partial charge in [0.25, 0.3) is 0 Å². The molecule has 0 atom stereocenters. The van der Waals surface area contributed by atoms with Crippen LogP contribution in [0.25, 0.3) is 0 Å². The van der Waals surface area contributed by atoms with Gasteiger partial charge in [-0.15, -0.1) is 0 Å². The molecule has 0 aliphatic carbocycles. The Bertz CT molecular complexity index is 380. The van der Waals surface area contributed by atoms with Crippen molar-refractivity contribution in [2.45, 2.75) is 13.8 Å². The van der Waals surface area contributed by atoms with Crippen molar-refractivity contribution in [2.24, 2.45) is 0 Å². The third-order valence-corrected chi connectivity index (χ3v) is 1.88. The molecule has 0 unspecified atom stereocenters. The van der Waals surface area contributed by atoms with E-state index in [1.807, 2.05) is 36.4 Å². The number of carbonyl (C=O) groups excluding carboxylic acids is 1. The summed E-state index contributed by atoms with van der Waals surface area (Å²) in [6, 6.07) is 20.5. The van der Waals surface area contributed by atoms with Crippen LogP contribution in [0.15, 0.2) is 60.7 Å². The third kappa shape index (κ3) is 10.1. The minimum Gasteiger partial charge on any atom is -0.222 e. The maximum absolute atomic E-state index is 8.35. The second-order valence-electron chi connectivity index (χ2n) is 3.41. The van der Waals surface area contributed by atoms with E-state index in [1.54, 1.807) is 0 Å². The maximum atomic E-state index is 8.35. The molecule has 2 rings (SSSR count). The van der Waals surface area contributed by atoms with Crippen LogP contribution in [-0.2, 0) is 4.79 Å². The first-order valence-electron chi connectivity index (χ1n) is 5.28. The summed E-state index contributed by atoms with van der Waals surface area (Å²) in [4.78, 5) is 8.35. The van der Waals surface area contributed by atoms with Crippen molar-refractivity contribution in [3.05, 3.63) is 71.8 Å². The van der Waals surface area contributed by atoms with E-state index in [9.17, 15) is 0 Å². The van der Waals surface area contributed by atoms with Crippen LogP contribution < -0.4 is 0 Å². The van der Waals surface area contributed by atoms with Gasteiger partial charge in [0, 0.05) is 0 Å². The van der Waals surface area contributed by atoms with Crippen LogP contribution in [0.1, 0.15) is 11.1 Å². The van der Waals surface area contributed by atoms with Crippen LogP contribution in [-0.4, -0.2) is 6.08 Å². The summed E-state index contributed by atoms with van der Waals surface area (Å²) >= 11 is 0. The van der Waals surface area contributed by atoms with E-state index in [0.29, 0.717) is 0 Å². The number of nitrogens with one attached hydrogen (secondary N) is 1. The van der Waals surface area contributed by atoms with Gasteiger partial charge in [0.15, 0.2) is 0 Å². The molecule has 0 fully saturated rings. The molecule has 0 aromatic heterocycles. The highest BCUT2D eigenvalue weighted by Crippen LogP contribution is 1.92. The van der Waals surface area contributed by atoms with Crippen LogP contribution >= 0.6 is 0 Å². The monoisotopic (exact) mass is 227 g/mol. The lowest BCUT2D eigenvalue weighted by Gasteiger charge is -1.82. The molecule has 0 aliphatic heterocycles. The summed E-state index contributed by atoms with van der Waals surface area (Å²) in [6.07, 6.45) is 0.750. The van der Waals surface area contributed by atoms with Crippen LogP contribution in [0.4, 0.5) is 0 Å². The first-order valence-corrected chi connectivity index (χ1v) is 5.28. The third-order valence-electron chi connectivity index (χ3n) is 1.88. The number of aryl methyl sites for hydroxylation is 2. The van der Waals surface area contributed by atoms with Gasteiger partial charge in [-0.25, -0.2) is 10.2 Å². The van der Waals surface area contributed by atoms with Crippen molar-refractivity contribution in [1.82, 2.24) is 0 Å². The summed E-state index contributed by atoms with van der Waals surface area (Å²) in [5.74, 6) is 0. The van der Waals surface area contributed by atoms with Crippen molar-refractivity contribution in [3.63, 3.8) is 0 Å². The lowest BCUT2D eigenvalue weighted by Crippen LogP contribution is -1.62. The number of hydrogen-bond acceptors (Lipinski definition) is 2. The minimum absolute atomic E-state index is 0.750. The molecule has 0 saturated carbocycles. The molecule has 0 bridgehead atoms. The standard InChI is InChI=1S/2C7H8.CHNO/c2*1-7-5-3-2-4-6-7;2-1-3/h2*2-6H,1H3;2H. The molecule has 88 valence electrons. The molecule has 2 aromatic rings. The quantitative estimate of drug-likeness (QED) is 0.538. The zero-order valence-corrected chi connectivity index (χ0v) is 10.2. The summed E-state index contributed by atoms with van der Waals surface area (Å²) < 4.78 is 0. The Morgan fingerprint density at radius 2 is 1.00 bits per heavy atom. The fourth-order valence-electron chi connectivity index (χ4n) is 1.07. The van der Waals surface area contributed by atoms with E-state index in [-0.39, 0.29) is 0 Å². The van der Waals surface area contributed by atoms with E-state index in [2.05, 4.69) is 38.1 Å². The van der Waals surface area contributed by atoms with Crippen LogP contribution in [0, 0.1) is 19.3 Å². The molecular weight excluding hydrogens is 210 g/mol. The molecule has 2 aromatic carbocycles. The lowest BCUT2D eigenvalue weighted by atomic mass is 10.2. The molecule has 0 spiro atoms. The number of benzene rings is 2.